The van der Waals surface area contributed by atoms with E-state index in [-0.39, 0.29) is 15.6 Å². The number of imidazole rings is 1. The van der Waals surface area contributed by atoms with Crippen LogP contribution in [0.1, 0.15) is 15.9 Å². The maximum absolute atomic E-state index is 12.4. The van der Waals surface area contributed by atoms with Gasteiger partial charge in [0, 0.05) is 16.7 Å². The molecule has 1 amide bonds. The number of phenolic OH excluding ortho intramolecular Hbond substituents is 2. The van der Waals surface area contributed by atoms with E-state index >= 15 is 0 Å². The van der Waals surface area contributed by atoms with Gasteiger partial charge in [-0.2, -0.15) is 5.10 Å². The summed E-state index contributed by atoms with van der Waals surface area (Å²) in [6.07, 6.45) is 1.17. The number of aromatic amines is 1. The minimum atomic E-state index is -0.459. The van der Waals surface area contributed by atoms with Crippen LogP contribution in [-0.4, -0.2) is 32.3 Å². The number of nitrogens with one attached hydrogen (secondary N) is 2. The van der Waals surface area contributed by atoms with E-state index in [0.717, 1.165) is 11.1 Å². The van der Waals surface area contributed by atoms with Crippen LogP contribution in [0.4, 0.5) is 0 Å². The number of phenols is 2. The Morgan fingerprint density at radius 2 is 1.83 bits per heavy atom. The normalized spacial score (nSPS) is 11.3. The molecule has 0 unspecified atom stereocenters. The predicted octanol–water partition coefficient (Wildman–Crippen LogP) is 4.71. The number of hydrogen-bond donors (Lipinski definition) is 4. The fourth-order valence-corrected chi connectivity index (χ4v) is 3.30. The van der Waals surface area contributed by atoms with E-state index < -0.39 is 17.4 Å². The Morgan fingerprint density at radius 3 is 2.60 bits per heavy atom. The second-order valence-electron chi connectivity index (χ2n) is 6.34. The summed E-state index contributed by atoms with van der Waals surface area (Å²) in [5.74, 6) is -0.583. The molecule has 30 heavy (non-hydrogen) atoms. The van der Waals surface area contributed by atoms with Gasteiger partial charge in [-0.3, -0.25) is 4.79 Å². The number of aromatic nitrogens is 2. The highest BCUT2D eigenvalue weighted by atomic mass is 35.5. The van der Waals surface area contributed by atoms with Crippen molar-refractivity contribution < 1.29 is 15.0 Å². The Balaban J connectivity index is 1.53. The first-order valence-corrected chi connectivity index (χ1v) is 9.48. The molecule has 1 aromatic heterocycles. The zero-order valence-electron chi connectivity index (χ0n) is 15.2. The number of carbonyl (C=O) groups is 1. The number of carbonyl (C=O) groups excluding carboxylic acids is 1. The molecule has 150 valence electrons. The summed E-state index contributed by atoms with van der Waals surface area (Å²) in [5, 5.41) is 23.0. The molecule has 0 atom stereocenters. The molecule has 0 spiro atoms. The minimum absolute atomic E-state index is 0.0514. The molecule has 9 heteroatoms. The van der Waals surface area contributed by atoms with Gasteiger partial charge in [-0.1, -0.05) is 53.5 Å². The standard InChI is InChI=1S/C21H14Cl2N4O3/c22-14-8-13(18(28)17(23)19(14)29)10-24-27-21(30)12-6-7-15-16(9-12)26-20(25-15)11-4-2-1-3-5-11/h1-10,28-29H,(H,25,26)(H,27,30)/b24-10+. The molecule has 4 aromatic rings. The van der Waals surface area contributed by atoms with Crippen molar-refractivity contribution in [3.63, 3.8) is 0 Å². The van der Waals surface area contributed by atoms with Gasteiger partial charge in [0.1, 0.15) is 16.6 Å². The van der Waals surface area contributed by atoms with E-state index in [2.05, 4.69) is 20.5 Å². The maximum atomic E-state index is 12.4. The molecule has 0 radical (unpaired) electrons. The van der Waals surface area contributed by atoms with Gasteiger partial charge in [0.25, 0.3) is 5.91 Å². The number of nitrogens with zero attached hydrogens (tertiary/aromatic N) is 2. The molecule has 0 saturated carbocycles. The van der Waals surface area contributed by atoms with E-state index in [1.807, 2.05) is 30.3 Å². The first-order valence-electron chi connectivity index (χ1n) is 8.72. The SMILES string of the molecule is O=C(N/N=C/c1cc(Cl)c(O)c(Cl)c1O)c1ccc2nc(-c3ccccc3)[nH]c2c1. The Morgan fingerprint density at radius 1 is 1.07 bits per heavy atom. The fraction of sp³-hybridized carbons (Fsp3) is 0. The third kappa shape index (κ3) is 3.80. The number of benzene rings is 3. The molecule has 0 aliphatic carbocycles. The summed E-state index contributed by atoms with van der Waals surface area (Å²) in [4.78, 5) is 20.1. The van der Waals surface area contributed by atoms with Gasteiger partial charge in [0.05, 0.1) is 22.3 Å². The van der Waals surface area contributed by atoms with Crippen molar-refractivity contribution in [3.05, 3.63) is 75.8 Å². The van der Waals surface area contributed by atoms with E-state index in [1.165, 1.54) is 12.3 Å². The summed E-state index contributed by atoms with van der Waals surface area (Å²) in [5.41, 5.74) is 5.25. The van der Waals surface area contributed by atoms with Crippen LogP contribution in [0.5, 0.6) is 11.5 Å². The smallest absolute Gasteiger partial charge is 0.271 e. The maximum Gasteiger partial charge on any atom is 0.271 e. The number of amides is 1. The van der Waals surface area contributed by atoms with E-state index in [0.29, 0.717) is 16.9 Å². The van der Waals surface area contributed by atoms with Crippen LogP contribution in [0.2, 0.25) is 10.0 Å². The lowest BCUT2D eigenvalue weighted by molar-refractivity contribution is 0.0955. The highest BCUT2D eigenvalue weighted by Crippen LogP contribution is 2.40. The second kappa shape index (κ2) is 8.06. The van der Waals surface area contributed by atoms with Crippen molar-refractivity contribution in [3.8, 4) is 22.9 Å². The Hall–Kier alpha value is -3.55. The van der Waals surface area contributed by atoms with Gasteiger partial charge in [0.2, 0.25) is 0 Å². The van der Waals surface area contributed by atoms with Crippen molar-refractivity contribution in [2.24, 2.45) is 5.10 Å². The van der Waals surface area contributed by atoms with Crippen molar-refractivity contribution in [1.29, 1.82) is 0 Å². The molecule has 0 fully saturated rings. The number of hydrogen-bond acceptors (Lipinski definition) is 5. The van der Waals surface area contributed by atoms with E-state index in [1.54, 1.807) is 18.2 Å². The molecule has 4 rings (SSSR count). The van der Waals surface area contributed by atoms with Crippen molar-refractivity contribution in [2.75, 3.05) is 0 Å². The quantitative estimate of drug-likeness (QED) is 0.272. The zero-order valence-corrected chi connectivity index (χ0v) is 16.7. The molecule has 4 N–H and O–H groups in total. The summed E-state index contributed by atoms with van der Waals surface area (Å²) in [6.45, 7) is 0. The Kier molecular flexibility index (Phi) is 5.31. The van der Waals surface area contributed by atoms with Crippen LogP contribution < -0.4 is 5.43 Å². The average molecular weight is 441 g/mol. The van der Waals surface area contributed by atoms with Crippen LogP contribution in [0.25, 0.3) is 22.4 Å². The first kappa shape index (κ1) is 19.8. The van der Waals surface area contributed by atoms with Gasteiger partial charge in [0.15, 0.2) is 5.75 Å². The number of rotatable bonds is 4. The Labute approximate surface area is 180 Å². The summed E-state index contributed by atoms with van der Waals surface area (Å²) < 4.78 is 0. The fourth-order valence-electron chi connectivity index (χ4n) is 2.82. The monoisotopic (exact) mass is 440 g/mol. The van der Waals surface area contributed by atoms with Crippen LogP contribution in [0.15, 0.2) is 59.7 Å². The molecular weight excluding hydrogens is 427 g/mol. The molecular formula is C21H14Cl2N4O3. The van der Waals surface area contributed by atoms with Gasteiger partial charge >= 0.3 is 0 Å². The topological polar surface area (TPSA) is 111 Å². The number of fused-ring (bicyclic) bond motifs is 1. The number of H-pyrrole nitrogens is 1. The van der Waals surface area contributed by atoms with Gasteiger partial charge < -0.3 is 15.2 Å². The van der Waals surface area contributed by atoms with E-state index in [4.69, 9.17) is 23.2 Å². The predicted molar refractivity (Wildman–Crippen MR) is 116 cm³/mol. The largest absolute Gasteiger partial charge is 0.506 e. The zero-order chi connectivity index (χ0) is 21.3. The van der Waals surface area contributed by atoms with Crippen LogP contribution >= 0.6 is 23.2 Å². The molecule has 1 heterocycles. The average Bonchev–Trinajstić information content (AvgIpc) is 3.19. The Bertz CT molecular complexity index is 1290. The molecule has 0 aliphatic rings. The lowest BCUT2D eigenvalue weighted by Gasteiger charge is -2.05. The van der Waals surface area contributed by atoms with E-state index in [9.17, 15) is 15.0 Å². The van der Waals surface area contributed by atoms with Crippen molar-refractivity contribution in [2.45, 2.75) is 0 Å². The van der Waals surface area contributed by atoms with Crippen LogP contribution in [0.3, 0.4) is 0 Å². The van der Waals surface area contributed by atoms with Crippen LogP contribution in [-0.2, 0) is 0 Å². The molecule has 3 aromatic carbocycles. The summed E-state index contributed by atoms with van der Waals surface area (Å²) in [6, 6.07) is 16.0. The molecule has 0 aliphatic heterocycles. The van der Waals surface area contributed by atoms with Gasteiger partial charge in [-0.05, 0) is 24.3 Å². The highest BCUT2D eigenvalue weighted by Gasteiger charge is 2.14. The summed E-state index contributed by atoms with van der Waals surface area (Å²) >= 11 is 11.6. The first-order chi connectivity index (χ1) is 14.4. The third-order valence-electron chi connectivity index (χ3n) is 4.36. The van der Waals surface area contributed by atoms with Gasteiger partial charge in [-0.15, -0.1) is 0 Å². The minimum Gasteiger partial charge on any atom is -0.506 e. The number of hydrazone groups is 1. The molecule has 0 bridgehead atoms. The third-order valence-corrected chi connectivity index (χ3v) is 5.00. The van der Waals surface area contributed by atoms with Crippen molar-refractivity contribution >= 4 is 46.4 Å². The molecule has 7 nitrogen and oxygen atoms in total. The highest BCUT2D eigenvalue weighted by molar-refractivity contribution is 6.38. The number of halogens is 2. The lowest BCUT2D eigenvalue weighted by Crippen LogP contribution is -2.17. The lowest BCUT2D eigenvalue weighted by atomic mass is 10.2. The van der Waals surface area contributed by atoms with Crippen molar-refractivity contribution in [1.82, 2.24) is 15.4 Å². The molecule has 0 saturated heterocycles. The van der Waals surface area contributed by atoms with Gasteiger partial charge in [-0.25, -0.2) is 10.4 Å². The second-order valence-corrected chi connectivity index (χ2v) is 7.13. The number of aromatic hydroxyl groups is 2. The van der Waals surface area contributed by atoms with Crippen LogP contribution in [0, 0.1) is 0 Å². The summed E-state index contributed by atoms with van der Waals surface area (Å²) in [7, 11) is 0.